The fourth-order valence-electron chi connectivity index (χ4n) is 2.49. The van der Waals surface area contributed by atoms with Crippen molar-refractivity contribution < 1.29 is 18.3 Å². The molecule has 0 spiro atoms. The van der Waals surface area contributed by atoms with Crippen LogP contribution in [-0.2, 0) is 10.2 Å². The Morgan fingerprint density at radius 3 is 2.58 bits per heavy atom. The Kier molecular flexibility index (Phi) is 4.47. The Morgan fingerprint density at radius 2 is 1.96 bits per heavy atom. The Morgan fingerprint density at radius 1 is 1.27 bits per heavy atom. The molecule has 0 bridgehead atoms. The molecule has 26 heavy (non-hydrogen) atoms. The van der Waals surface area contributed by atoms with Crippen molar-refractivity contribution in [2.45, 2.75) is 6.92 Å². The minimum Gasteiger partial charge on any atom is -0.478 e. The molecule has 0 saturated heterocycles. The van der Waals surface area contributed by atoms with Crippen molar-refractivity contribution in [3.63, 3.8) is 0 Å². The van der Waals surface area contributed by atoms with E-state index in [1.54, 1.807) is 6.92 Å². The lowest BCUT2D eigenvalue weighted by atomic mass is 10.1. The number of rotatable bonds is 4. The van der Waals surface area contributed by atoms with Crippen molar-refractivity contribution in [3.8, 4) is 11.5 Å². The van der Waals surface area contributed by atoms with Crippen LogP contribution in [-0.4, -0.2) is 51.8 Å². The molecule has 0 aliphatic rings. The first-order valence-electron chi connectivity index (χ1n) is 7.44. The van der Waals surface area contributed by atoms with Crippen LogP contribution >= 0.6 is 11.6 Å². The number of aromatic carboxylic acids is 1. The Bertz CT molecular complexity index is 1140. The maximum Gasteiger partial charge on any atom is 0.338 e. The van der Waals surface area contributed by atoms with E-state index in [1.807, 2.05) is 0 Å². The van der Waals surface area contributed by atoms with Gasteiger partial charge in [-0.05, 0) is 36.8 Å². The fourth-order valence-corrected chi connectivity index (χ4v) is 3.73. The van der Waals surface area contributed by atoms with E-state index in [0.29, 0.717) is 16.1 Å². The van der Waals surface area contributed by atoms with Gasteiger partial charge in [0.1, 0.15) is 5.69 Å². The molecule has 0 atom stereocenters. The number of halogens is 1. The molecule has 3 rings (SSSR count). The quantitative estimate of drug-likeness (QED) is 0.728. The molecule has 3 aromatic rings. The lowest BCUT2D eigenvalue weighted by molar-refractivity contribution is 0.0697. The van der Waals surface area contributed by atoms with E-state index in [4.69, 9.17) is 11.6 Å². The smallest absolute Gasteiger partial charge is 0.338 e. The molecule has 0 saturated carbocycles. The first-order valence-corrected chi connectivity index (χ1v) is 9.21. The summed E-state index contributed by atoms with van der Waals surface area (Å²) in [5.74, 6) is -1.32. The molecule has 0 amide bonds. The Labute approximate surface area is 154 Å². The lowest BCUT2D eigenvalue weighted by Crippen LogP contribution is -2.29. The van der Waals surface area contributed by atoms with Gasteiger partial charge in [0.15, 0.2) is 5.82 Å². The number of fused-ring (bicyclic) bond motifs is 1. The summed E-state index contributed by atoms with van der Waals surface area (Å²) in [7, 11) is -1.24. The molecule has 136 valence electrons. The second kappa shape index (κ2) is 6.35. The normalized spacial score (nSPS) is 12.0. The van der Waals surface area contributed by atoms with Crippen LogP contribution in [0.5, 0.6) is 0 Å². The van der Waals surface area contributed by atoms with Crippen LogP contribution < -0.4 is 0 Å². The van der Waals surface area contributed by atoms with E-state index >= 15 is 0 Å². The van der Waals surface area contributed by atoms with Gasteiger partial charge in [0.05, 0.1) is 16.6 Å². The Hall–Kier alpha value is -2.49. The number of pyridine rings is 1. The summed E-state index contributed by atoms with van der Waals surface area (Å²) in [5.41, 5.74) is 1.04. The summed E-state index contributed by atoms with van der Waals surface area (Å²) in [6, 6.07) is 5.99. The van der Waals surface area contributed by atoms with Crippen molar-refractivity contribution in [3.05, 3.63) is 46.6 Å². The van der Waals surface area contributed by atoms with Crippen LogP contribution in [0.2, 0.25) is 5.02 Å². The van der Waals surface area contributed by atoms with Crippen LogP contribution in [0, 0.1) is 6.92 Å². The molecule has 2 aromatic heterocycles. The zero-order valence-electron chi connectivity index (χ0n) is 14.1. The van der Waals surface area contributed by atoms with Crippen molar-refractivity contribution in [2.24, 2.45) is 0 Å². The summed E-state index contributed by atoms with van der Waals surface area (Å²) in [4.78, 5) is 20.1. The van der Waals surface area contributed by atoms with E-state index in [9.17, 15) is 18.3 Å². The molecule has 0 unspecified atom stereocenters. The first-order chi connectivity index (χ1) is 12.1. The number of hydrogen-bond acceptors (Lipinski definition) is 5. The third kappa shape index (κ3) is 2.94. The number of benzene rings is 1. The highest BCUT2D eigenvalue weighted by molar-refractivity contribution is 7.87. The predicted octanol–water partition coefficient (Wildman–Crippen LogP) is 2.41. The van der Waals surface area contributed by atoms with Gasteiger partial charge in [0, 0.05) is 25.3 Å². The van der Waals surface area contributed by atoms with Gasteiger partial charge in [-0.25, -0.2) is 13.8 Å². The summed E-state index contributed by atoms with van der Waals surface area (Å²) in [6.07, 6.45) is 1.46. The average molecular weight is 395 g/mol. The van der Waals surface area contributed by atoms with E-state index < -0.39 is 16.2 Å². The standard InChI is InChI=1S/C16H15ClN4O4S/c1-9-6-11(16(22)23)14(18-8-9)15-19-12-7-10(17)4-5-13(12)21(15)26(24,25)20(2)3/h4-8H,1-3H3,(H,22,23). The van der Waals surface area contributed by atoms with Crippen molar-refractivity contribution in [2.75, 3.05) is 14.1 Å². The van der Waals surface area contributed by atoms with Gasteiger partial charge in [0.25, 0.3) is 0 Å². The Balaban J connectivity index is 2.47. The van der Waals surface area contributed by atoms with E-state index in [0.717, 1.165) is 8.28 Å². The molecule has 1 N–H and O–H groups in total. The summed E-state index contributed by atoms with van der Waals surface area (Å²) < 4.78 is 27.7. The van der Waals surface area contributed by atoms with Crippen molar-refractivity contribution >= 4 is 38.8 Å². The van der Waals surface area contributed by atoms with Gasteiger partial charge in [-0.2, -0.15) is 12.7 Å². The number of carboxylic acid groups (broad SMARTS) is 1. The largest absolute Gasteiger partial charge is 0.478 e. The topological polar surface area (TPSA) is 105 Å². The first kappa shape index (κ1) is 18.3. The van der Waals surface area contributed by atoms with Gasteiger partial charge in [-0.3, -0.25) is 4.98 Å². The van der Waals surface area contributed by atoms with Gasteiger partial charge >= 0.3 is 16.2 Å². The highest BCUT2D eigenvalue weighted by Crippen LogP contribution is 2.30. The summed E-state index contributed by atoms with van der Waals surface area (Å²) in [5, 5.41) is 9.90. The molecular formula is C16H15ClN4O4S. The lowest BCUT2D eigenvalue weighted by Gasteiger charge is -2.16. The third-order valence-corrected chi connectivity index (χ3v) is 5.72. The van der Waals surface area contributed by atoms with Crippen LogP contribution in [0.25, 0.3) is 22.6 Å². The molecule has 2 heterocycles. The number of carbonyl (C=O) groups is 1. The van der Waals surface area contributed by atoms with Gasteiger partial charge in [-0.1, -0.05) is 11.6 Å². The fraction of sp³-hybridized carbons (Fsp3) is 0.188. The van der Waals surface area contributed by atoms with Crippen LogP contribution in [0.3, 0.4) is 0 Å². The van der Waals surface area contributed by atoms with Crippen molar-refractivity contribution in [1.82, 2.24) is 18.2 Å². The van der Waals surface area contributed by atoms with E-state index in [1.165, 1.54) is 44.6 Å². The number of imidazole rings is 1. The SMILES string of the molecule is Cc1cnc(-c2nc3cc(Cl)ccc3n2S(=O)(=O)N(C)C)c(C(=O)O)c1. The molecule has 0 aliphatic heterocycles. The molecule has 8 nitrogen and oxygen atoms in total. The van der Waals surface area contributed by atoms with E-state index in [-0.39, 0.29) is 22.6 Å². The van der Waals surface area contributed by atoms with Crippen LogP contribution in [0.1, 0.15) is 15.9 Å². The van der Waals surface area contributed by atoms with Crippen LogP contribution in [0.15, 0.2) is 30.5 Å². The highest BCUT2D eigenvalue weighted by atomic mass is 35.5. The number of nitrogens with zero attached hydrogens (tertiary/aromatic N) is 4. The molecule has 1 aromatic carbocycles. The number of hydrogen-bond donors (Lipinski definition) is 1. The third-order valence-electron chi connectivity index (χ3n) is 3.73. The number of carboxylic acids is 1. The number of aromatic nitrogens is 3. The zero-order valence-corrected chi connectivity index (χ0v) is 15.7. The maximum absolute atomic E-state index is 12.9. The minimum absolute atomic E-state index is 0.0409. The van der Waals surface area contributed by atoms with Crippen molar-refractivity contribution in [1.29, 1.82) is 0 Å². The summed E-state index contributed by atoms with van der Waals surface area (Å²) in [6.45, 7) is 1.70. The van der Waals surface area contributed by atoms with E-state index in [2.05, 4.69) is 9.97 Å². The summed E-state index contributed by atoms with van der Waals surface area (Å²) >= 11 is 5.99. The predicted molar refractivity (Wildman–Crippen MR) is 97.7 cm³/mol. The van der Waals surface area contributed by atoms with Crippen LogP contribution in [0.4, 0.5) is 0 Å². The molecule has 0 radical (unpaired) electrons. The molecule has 0 aliphatic carbocycles. The monoisotopic (exact) mass is 394 g/mol. The highest BCUT2D eigenvalue weighted by Gasteiger charge is 2.28. The molecular weight excluding hydrogens is 380 g/mol. The molecule has 10 heteroatoms. The maximum atomic E-state index is 12.9. The zero-order chi connectivity index (χ0) is 19.2. The van der Waals surface area contributed by atoms with Gasteiger partial charge < -0.3 is 5.11 Å². The second-order valence-electron chi connectivity index (χ2n) is 5.84. The second-order valence-corrected chi connectivity index (χ2v) is 8.26. The average Bonchev–Trinajstić information content (AvgIpc) is 2.93. The van der Waals surface area contributed by atoms with Gasteiger partial charge in [-0.15, -0.1) is 0 Å². The minimum atomic E-state index is -3.99. The van der Waals surface area contributed by atoms with Gasteiger partial charge in [0.2, 0.25) is 0 Å². The number of aryl methyl sites for hydroxylation is 1. The molecule has 0 fully saturated rings.